The van der Waals surface area contributed by atoms with E-state index in [1.807, 2.05) is 25.1 Å². The van der Waals surface area contributed by atoms with Gasteiger partial charge in [0.1, 0.15) is 0 Å². The molecule has 1 aliphatic rings. The molecule has 0 bridgehead atoms. The molecular weight excluding hydrogens is 224 g/mol. The first-order chi connectivity index (χ1) is 8.53. The standard InChI is InChI=1S/C15H22N2O/c1-11(2)12-7-4-5-8-13(12)17-14(18)15(3)9-6-10-16-15/h4-5,7-8,11,16H,6,9-10H2,1-3H3,(H,17,18). The van der Waals surface area contributed by atoms with Crippen molar-refractivity contribution in [3.63, 3.8) is 0 Å². The van der Waals surface area contributed by atoms with Gasteiger partial charge in [-0.05, 0) is 43.9 Å². The van der Waals surface area contributed by atoms with E-state index in [2.05, 4.69) is 30.5 Å². The molecule has 1 heterocycles. The second-order valence-corrected chi connectivity index (χ2v) is 5.56. The van der Waals surface area contributed by atoms with E-state index < -0.39 is 5.54 Å². The van der Waals surface area contributed by atoms with Crippen LogP contribution in [0.15, 0.2) is 24.3 Å². The fourth-order valence-electron chi connectivity index (χ4n) is 2.46. The normalized spacial score (nSPS) is 23.3. The highest BCUT2D eigenvalue weighted by molar-refractivity contribution is 5.98. The van der Waals surface area contributed by atoms with Crippen molar-refractivity contribution < 1.29 is 4.79 Å². The number of para-hydroxylation sites is 1. The third-order valence-corrected chi connectivity index (χ3v) is 3.70. The SMILES string of the molecule is CC(C)c1ccccc1NC(=O)C1(C)CCCN1. The zero-order chi connectivity index (χ0) is 13.2. The Morgan fingerprint density at radius 2 is 2.11 bits per heavy atom. The predicted octanol–water partition coefficient (Wildman–Crippen LogP) is 2.89. The number of rotatable bonds is 3. The number of hydrogen-bond donors (Lipinski definition) is 2. The first-order valence-electron chi connectivity index (χ1n) is 6.68. The minimum Gasteiger partial charge on any atom is -0.324 e. The fraction of sp³-hybridized carbons (Fsp3) is 0.533. The third-order valence-electron chi connectivity index (χ3n) is 3.70. The largest absolute Gasteiger partial charge is 0.324 e. The minimum absolute atomic E-state index is 0.0769. The van der Waals surface area contributed by atoms with Crippen LogP contribution in [0.1, 0.15) is 45.1 Å². The molecular formula is C15H22N2O. The molecule has 0 aromatic heterocycles. The van der Waals surface area contributed by atoms with Crippen molar-refractivity contribution in [2.75, 3.05) is 11.9 Å². The summed E-state index contributed by atoms with van der Waals surface area (Å²) in [5, 5.41) is 6.36. The summed E-state index contributed by atoms with van der Waals surface area (Å²) >= 11 is 0. The number of anilines is 1. The van der Waals surface area contributed by atoms with Crippen LogP contribution in [0, 0.1) is 0 Å². The minimum atomic E-state index is -0.413. The van der Waals surface area contributed by atoms with Crippen molar-refractivity contribution >= 4 is 11.6 Å². The second-order valence-electron chi connectivity index (χ2n) is 5.56. The Morgan fingerprint density at radius 1 is 1.39 bits per heavy atom. The Labute approximate surface area is 109 Å². The van der Waals surface area contributed by atoms with Gasteiger partial charge in [0.15, 0.2) is 0 Å². The summed E-state index contributed by atoms with van der Waals surface area (Å²) in [4.78, 5) is 12.3. The van der Waals surface area contributed by atoms with E-state index in [4.69, 9.17) is 0 Å². The monoisotopic (exact) mass is 246 g/mol. The quantitative estimate of drug-likeness (QED) is 0.861. The Balaban J connectivity index is 2.16. The van der Waals surface area contributed by atoms with E-state index >= 15 is 0 Å². The maximum atomic E-state index is 12.3. The number of benzene rings is 1. The fourth-order valence-corrected chi connectivity index (χ4v) is 2.46. The molecule has 1 fully saturated rings. The molecule has 1 aromatic rings. The molecule has 0 saturated carbocycles. The number of amides is 1. The lowest BCUT2D eigenvalue weighted by Crippen LogP contribution is -2.48. The summed E-state index contributed by atoms with van der Waals surface area (Å²) in [5.74, 6) is 0.485. The summed E-state index contributed by atoms with van der Waals surface area (Å²) < 4.78 is 0. The zero-order valence-electron chi connectivity index (χ0n) is 11.4. The molecule has 1 atom stereocenters. The van der Waals surface area contributed by atoms with Crippen molar-refractivity contribution in [1.29, 1.82) is 0 Å². The molecule has 1 unspecified atom stereocenters. The molecule has 0 spiro atoms. The molecule has 3 heteroatoms. The highest BCUT2D eigenvalue weighted by atomic mass is 16.2. The molecule has 18 heavy (non-hydrogen) atoms. The Kier molecular flexibility index (Phi) is 3.71. The molecule has 3 nitrogen and oxygen atoms in total. The Bertz CT molecular complexity index is 434. The van der Waals surface area contributed by atoms with Gasteiger partial charge in [-0.1, -0.05) is 32.0 Å². The Hall–Kier alpha value is -1.35. The van der Waals surface area contributed by atoms with E-state index in [1.54, 1.807) is 0 Å². The van der Waals surface area contributed by atoms with Gasteiger partial charge in [-0.3, -0.25) is 4.79 Å². The second kappa shape index (κ2) is 5.11. The van der Waals surface area contributed by atoms with Gasteiger partial charge in [-0.2, -0.15) is 0 Å². The van der Waals surface area contributed by atoms with Crippen LogP contribution in [0.4, 0.5) is 5.69 Å². The van der Waals surface area contributed by atoms with Crippen LogP contribution in [-0.4, -0.2) is 18.0 Å². The Morgan fingerprint density at radius 3 is 2.72 bits per heavy atom. The first-order valence-corrected chi connectivity index (χ1v) is 6.68. The topological polar surface area (TPSA) is 41.1 Å². The molecule has 0 radical (unpaired) electrons. The van der Waals surface area contributed by atoms with Crippen LogP contribution in [0.25, 0.3) is 0 Å². The zero-order valence-corrected chi connectivity index (χ0v) is 11.4. The van der Waals surface area contributed by atoms with Crippen LogP contribution in [0.3, 0.4) is 0 Å². The lowest BCUT2D eigenvalue weighted by atomic mass is 9.97. The smallest absolute Gasteiger partial charge is 0.244 e. The van der Waals surface area contributed by atoms with Gasteiger partial charge < -0.3 is 10.6 Å². The summed E-state index contributed by atoms with van der Waals surface area (Å²) in [5.41, 5.74) is 1.71. The van der Waals surface area contributed by atoms with Crippen molar-refractivity contribution in [2.45, 2.75) is 45.1 Å². The average Bonchev–Trinajstić information content (AvgIpc) is 2.78. The number of hydrogen-bond acceptors (Lipinski definition) is 2. The molecule has 1 aromatic carbocycles. The molecule has 2 N–H and O–H groups in total. The van der Waals surface area contributed by atoms with E-state index in [-0.39, 0.29) is 5.91 Å². The summed E-state index contributed by atoms with van der Waals surface area (Å²) in [6.45, 7) is 7.18. The van der Waals surface area contributed by atoms with E-state index in [1.165, 1.54) is 5.56 Å². The molecule has 1 saturated heterocycles. The van der Waals surface area contributed by atoms with Crippen molar-refractivity contribution in [3.8, 4) is 0 Å². The lowest BCUT2D eigenvalue weighted by Gasteiger charge is -2.24. The van der Waals surface area contributed by atoms with Crippen LogP contribution in [0.5, 0.6) is 0 Å². The molecule has 0 aliphatic carbocycles. The van der Waals surface area contributed by atoms with Gasteiger partial charge in [-0.15, -0.1) is 0 Å². The van der Waals surface area contributed by atoms with Crippen molar-refractivity contribution in [3.05, 3.63) is 29.8 Å². The highest BCUT2D eigenvalue weighted by Crippen LogP contribution is 2.26. The summed E-state index contributed by atoms with van der Waals surface area (Å²) in [6.07, 6.45) is 1.97. The maximum absolute atomic E-state index is 12.3. The number of carbonyl (C=O) groups excluding carboxylic acids is 1. The van der Waals surface area contributed by atoms with Crippen LogP contribution in [0.2, 0.25) is 0 Å². The van der Waals surface area contributed by atoms with Crippen LogP contribution < -0.4 is 10.6 Å². The van der Waals surface area contributed by atoms with Gasteiger partial charge in [-0.25, -0.2) is 0 Å². The molecule has 1 aliphatic heterocycles. The average molecular weight is 246 g/mol. The van der Waals surface area contributed by atoms with Gasteiger partial charge in [0.25, 0.3) is 0 Å². The third kappa shape index (κ3) is 2.56. The lowest BCUT2D eigenvalue weighted by molar-refractivity contribution is -0.121. The number of nitrogens with one attached hydrogen (secondary N) is 2. The highest BCUT2D eigenvalue weighted by Gasteiger charge is 2.36. The van der Waals surface area contributed by atoms with E-state index in [0.717, 1.165) is 25.1 Å². The van der Waals surface area contributed by atoms with Gasteiger partial charge in [0, 0.05) is 5.69 Å². The maximum Gasteiger partial charge on any atom is 0.244 e. The van der Waals surface area contributed by atoms with Gasteiger partial charge >= 0.3 is 0 Å². The predicted molar refractivity (Wildman–Crippen MR) is 74.8 cm³/mol. The summed E-state index contributed by atoms with van der Waals surface area (Å²) in [7, 11) is 0. The van der Waals surface area contributed by atoms with Gasteiger partial charge in [0.2, 0.25) is 5.91 Å². The van der Waals surface area contributed by atoms with Crippen molar-refractivity contribution in [2.24, 2.45) is 0 Å². The van der Waals surface area contributed by atoms with Crippen molar-refractivity contribution in [1.82, 2.24) is 5.32 Å². The van der Waals surface area contributed by atoms with Crippen LogP contribution in [-0.2, 0) is 4.79 Å². The molecule has 2 rings (SSSR count). The van der Waals surface area contributed by atoms with Crippen LogP contribution >= 0.6 is 0 Å². The summed E-state index contributed by atoms with van der Waals surface area (Å²) in [6, 6.07) is 8.03. The van der Waals surface area contributed by atoms with E-state index in [9.17, 15) is 4.79 Å². The molecule has 98 valence electrons. The van der Waals surface area contributed by atoms with Gasteiger partial charge in [0.05, 0.1) is 5.54 Å². The van der Waals surface area contributed by atoms with E-state index in [0.29, 0.717) is 5.92 Å². The number of carbonyl (C=O) groups is 1. The first kappa shape index (κ1) is 13.1. The molecule has 1 amide bonds.